The predicted octanol–water partition coefficient (Wildman–Crippen LogP) is 5.39. The quantitative estimate of drug-likeness (QED) is 0.448. The third-order valence-electron chi connectivity index (χ3n) is 6.61. The van der Waals surface area contributed by atoms with Gasteiger partial charge < -0.3 is 24.1 Å². The summed E-state index contributed by atoms with van der Waals surface area (Å²) in [6.45, 7) is 5.76. The molecule has 1 aromatic heterocycles. The largest absolute Gasteiger partial charge is 0.493 e. The van der Waals surface area contributed by atoms with Crippen molar-refractivity contribution >= 4 is 32.8 Å². The number of methoxy groups -OCH3 is 1. The zero-order valence-electron chi connectivity index (χ0n) is 20.1. The minimum atomic E-state index is -4.44. The lowest BCUT2D eigenvalue weighted by atomic mass is 9.97. The van der Waals surface area contributed by atoms with Gasteiger partial charge in [-0.1, -0.05) is 12.1 Å². The molecule has 0 spiro atoms. The summed E-state index contributed by atoms with van der Waals surface area (Å²) in [6, 6.07) is 5.50. The van der Waals surface area contributed by atoms with Crippen molar-refractivity contribution < 1.29 is 27.4 Å². The van der Waals surface area contributed by atoms with Gasteiger partial charge in [-0.15, -0.1) is 0 Å². The van der Waals surface area contributed by atoms with Gasteiger partial charge in [-0.3, -0.25) is 4.99 Å². The maximum atomic E-state index is 13.5. The number of fused-ring (bicyclic) bond motifs is 3. The fourth-order valence-corrected chi connectivity index (χ4v) is 5.46. The zero-order valence-corrected chi connectivity index (χ0v) is 21.7. The Morgan fingerprint density at radius 2 is 2.14 bits per heavy atom. The van der Waals surface area contributed by atoms with E-state index < -0.39 is 17.8 Å². The Hall–Kier alpha value is -2.79. The van der Waals surface area contributed by atoms with Crippen molar-refractivity contribution in [1.29, 1.82) is 0 Å². The fourth-order valence-electron chi connectivity index (χ4n) is 4.79. The number of hydrogen-bond donors (Lipinski definition) is 1. The summed E-state index contributed by atoms with van der Waals surface area (Å²) in [5, 5.41) is 3.96. The predicted molar refractivity (Wildman–Crippen MR) is 132 cm³/mol. The molecular weight excluding hydrogens is 541 g/mol. The van der Waals surface area contributed by atoms with Crippen LogP contribution in [0.2, 0.25) is 0 Å². The van der Waals surface area contributed by atoms with E-state index in [9.17, 15) is 13.2 Å². The lowest BCUT2D eigenvalue weighted by molar-refractivity contribution is -0.138. The van der Waals surface area contributed by atoms with Crippen molar-refractivity contribution in [3.05, 3.63) is 50.9 Å². The molecular formula is C25H26BrF3N4O3. The number of nitrogens with one attached hydrogen (secondary N) is 1. The summed E-state index contributed by atoms with van der Waals surface area (Å²) < 4.78 is 60.6. The van der Waals surface area contributed by atoms with Crippen molar-refractivity contribution in [1.82, 2.24) is 9.55 Å². The van der Waals surface area contributed by atoms with Crippen molar-refractivity contribution in [3.8, 4) is 11.5 Å². The van der Waals surface area contributed by atoms with Crippen LogP contribution in [-0.4, -0.2) is 42.5 Å². The van der Waals surface area contributed by atoms with E-state index in [1.54, 1.807) is 20.1 Å². The van der Waals surface area contributed by atoms with Gasteiger partial charge in [0.25, 0.3) is 0 Å². The van der Waals surface area contributed by atoms with E-state index in [1.165, 1.54) is 13.0 Å². The number of benzene rings is 2. The maximum absolute atomic E-state index is 13.5. The van der Waals surface area contributed by atoms with Crippen LogP contribution < -0.4 is 20.3 Å². The van der Waals surface area contributed by atoms with Crippen LogP contribution in [0.3, 0.4) is 0 Å². The highest BCUT2D eigenvalue weighted by Crippen LogP contribution is 2.42. The number of ether oxygens (including phenoxy) is 3. The van der Waals surface area contributed by atoms with E-state index in [-0.39, 0.29) is 11.7 Å². The molecule has 3 aromatic rings. The summed E-state index contributed by atoms with van der Waals surface area (Å²) in [5.74, 6) is 1.72. The van der Waals surface area contributed by atoms with E-state index >= 15 is 0 Å². The second-order valence-corrected chi connectivity index (χ2v) is 9.67. The van der Waals surface area contributed by atoms with E-state index in [1.807, 2.05) is 10.6 Å². The normalized spacial score (nSPS) is 18.9. The zero-order chi connectivity index (χ0) is 25.6. The van der Waals surface area contributed by atoms with Crippen LogP contribution in [0, 0.1) is 6.92 Å². The molecule has 36 heavy (non-hydrogen) atoms. The number of rotatable bonds is 5. The van der Waals surface area contributed by atoms with E-state index in [0.29, 0.717) is 64.7 Å². The standard InChI is InChI=1S/C25H26BrF3N4O3/c1-13-16(5-4-6-17(13)25(27,28)29)14(2)31-23-20-18(33-9-8-30-24(33)32-23)11-19(34-3)22(21(20)26)36-15-7-10-35-12-15/h4-6,11,14-15H,7-10,12H2,1-3H3,(H,30,31,32). The van der Waals surface area contributed by atoms with Crippen LogP contribution in [0.4, 0.5) is 19.1 Å². The van der Waals surface area contributed by atoms with Crippen molar-refractivity contribution in [2.45, 2.75) is 45.1 Å². The molecule has 2 aromatic carbocycles. The SMILES string of the molecule is COc1cc2c(c(Br)c1OC1CCOC1)c(=NC(C)c1cccc(C(F)(F)F)c1C)nc1n2CCN1. The topological polar surface area (TPSA) is 69.9 Å². The highest BCUT2D eigenvalue weighted by atomic mass is 79.9. The third-order valence-corrected chi connectivity index (χ3v) is 7.36. The van der Waals surface area contributed by atoms with Crippen molar-refractivity contribution in [3.63, 3.8) is 0 Å². The molecule has 0 bridgehead atoms. The third kappa shape index (κ3) is 4.43. The van der Waals surface area contributed by atoms with Crippen LogP contribution in [0.1, 0.15) is 36.1 Å². The molecule has 2 atom stereocenters. The van der Waals surface area contributed by atoms with Crippen molar-refractivity contribution in [2.75, 3.05) is 32.2 Å². The smallest absolute Gasteiger partial charge is 0.416 e. The number of halogens is 4. The molecule has 0 saturated carbocycles. The summed E-state index contributed by atoms with van der Waals surface area (Å²) in [4.78, 5) is 9.57. The number of alkyl halides is 3. The Kier molecular flexibility index (Phi) is 6.63. The van der Waals surface area contributed by atoms with Crippen LogP contribution in [0.5, 0.6) is 11.5 Å². The molecule has 192 valence electrons. The van der Waals surface area contributed by atoms with Gasteiger partial charge in [-0.05, 0) is 47.0 Å². The first kappa shape index (κ1) is 24.9. The highest BCUT2D eigenvalue weighted by molar-refractivity contribution is 9.10. The first-order valence-corrected chi connectivity index (χ1v) is 12.5. The maximum Gasteiger partial charge on any atom is 0.416 e. The van der Waals surface area contributed by atoms with Gasteiger partial charge in [0.05, 0.1) is 47.3 Å². The van der Waals surface area contributed by atoms with Gasteiger partial charge in [0, 0.05) is 25.6 Å². The second kappa shape index (κ2) is 9.59. The number of anilines is 1. The summed E-state index contributed by atoms with van der Waals surface area (Å²) >= 11 is 3.71. The van der Waals surface area contributed by atoms with Gasteiger partial charge in [0.15, 0.2) is 17.0 Å². The molecule has 2 unspecified atom stereocenters. The molecule has 5 rings (SSSR count). The Morgan fingerprint density at radius 1 is 1.33 bits per heavy atom. The molecule has 1 saturated heterocycles. The Morgan fingerprint density at radius 3 is 2.83 bits per heavy atom. The first-order valence-electron chi connectivity index (χ1n) is 11.7. The molecule has 2 aliphatic heterocycles. The van der Waals surface area contributed by atoms with E-state index in [0.717, 1.165) is 18.0 Å². The molecule has 1 N–H and O–H groups in total. The minimum Gasteiger partial charge on any atom is -0.493 e. The lowest BCUT2D eigenvalue weighted by Gasteiger charge is -2.20. The number of aromatic nitrogens is 2. The van der Waals surface area contributed by atoms with Crippen LogP contribution >= 0.6 is 15.9 Å². The Bertz CT molecular complexity index is 1380. The summed E-state index contributed by atoms with van der Waals surface area (Å²) in [6.07, 6.45) is -3.79. The van der Waals surface area contributed by atoms with Crippen LogP contribution in [-0.2, 0) is 17.5 Å². The number of nitrogens with zero attached hydrogens (tertiary/aromatic N) is 3. The Balaban J connectivity index is 1.71. The fraction of sp³-hybridized carbons (Fsp3) is 0.440. The lowest BCUT2D eigenvalue weighted by Crippen LogP contribution is -2.20. The average Bonchev–Trinajstić information content (AvgIpc) is 3.51. The van der Waals surface area contributed by atoms with Gasteiger partial charge in [0.2, 0.25) is 5.95 Å². The minimum absolute atomic E-state index is 0.114. The second-order valence-electron chi connectivity index (χ2n) is 8.88. The van der Waals surface area contributed by atoms with Crippen LogP contribution in [0.25, 0.3) is 10.9 Å². The average molecular weight is 567 g/mol. The molecule has 7 nitrogen and oxygen atoms in total. The van der Waals surface area contributed by atoms with E-state index in [4.69, 9.17) is 24.2 Å². The summed E-state index contributed by atoms with van der Waals surface area (Å²) in [5.41, 5.74) is 1.22. The molecule has 0 radical (unpaired) electrons. The molecule has 1 fully saturated rings. The van der Waals surface area contributed by atoms with Gasteiger partial charge in [-0.25, -0.2) is 0 Å². The first-order chi connectivity index (χ1) is 17.2. The van der Waals surface area contributed by atoms with E-state index in [2.05, 4.69) is 21.2 Å². The molecule has 0 aliphatic carbocycles. The van der Waals surface area contributed by atoms with Gasteiger partial charge in [0.1, 0.15) is 6.10 Å². The molecule has 11 heteroatoms. The molecule has 3 heterocycles. The van der Waals surface area contributed by atoms with Gasteiger partial charge in [-0.2, -0.15) is 18.2 Å². The van der Waals surface area contributed by atoms with Crippen molar-refractivity contribution in [2.24, 2.45) is 4.99 Å². The Labute approximate surface area is 214 Å². The molecule has 2 aliphatic rings. The van der Waals surface area contributed by atoms with Gasteiger partial charge >= 0.3 is 6.18 Å². The van der Waals surface area contributed by atoms with Crippen LogP contribution in [0.15, 0.2) is 33.7 Å². The highest BCUT2D eigenvalue weighted by Gasteiger charge is 2.33. The molecule has 0 amide bonds. The summed E-state index contributed by atoms with van der Waals surface area (Å²) in [7, 11) is 1.58. The monoisotopic (exact) mass is 566 g/mol. The number of hydrogen-bond acceptors (Lipinski definition) is 6.